The van der Waals surface area contributed by atoms with Crippen LogP contribution in [0, 0.1) is 0 Å². The van der Waals surface area contributed by atoms with Crippen molar-refractivity contribution in [2.45, 2.75) is 44.4 Å². The summed E-state index contributed by atoms with van der Waals surface area (Å²) in [6, 6.07) is 7.10. The number of anilines is 1. The number of rotatable bonds is 13. The first-order valence-electron chi connectivity index (χ1n) is 10.0. The van der Waals surface area contributed by atoms with Gasteiger partial charge in [0.1, 0.15) is 6.61 Å². The Morgan fingerprint density at radius 2 is 1.90 bits per heavy atom. The number of amides is 3. The number of benzene rings is 1. The second-order valence-corrected chi connectivity index (χ2v) is 7.32. The van der Waals surface area contributed by atoms with Gasteiger partial charge in [0.15, 0.2) is 0 Å². The van der Waals surface area contributed by atoms with E-state index in [0.717, 1.165) is 31.2 Å². The molecular weight excluding hydrogens is 396 g/mol. The van der Waals surface area contributed by atoms with Crippen LogP contribution in [0.25, 0.3) is 0 Å². The maximum Gasteiger partial charge on any atom is 0.250 e. The van der Waals surface area contributed by atoms with E-state index in [4.69, 9.17) is 21.1 Å². The van der Waals surface area contributed by atoms with Crippen molar-refractivity contribution in [1.29, 1.82) is 0 Å². The summed E-state index contributed by atoms with van der Waals surface area (Å²) in [5.74, 6) is -0.493. The first kappa shape index (κ1) is 23.3. The average Bonchev–Trinajstić information content (AvgIpc) is 2.69. The third kappa shape index (κ3) is 8.94. The van der Waals surface area contributed by atoms with Gasteiger partial charge in [0.2, 0.25) is 17.7 Å². The van der Waals surface area contributed by atoms with Gasteiger partial charge in [-0.05, 0) is 37.0 Å². The van der Waals surface area contributed by atoms with Crippen LogP contribution in [0.5, 0.6) is 0 Å². The Morgan fingerprint density at radius 1 is 1.10 bits per heavy atom. The van der Waals surface area contributed by atoms with E-state index < -0.39 is 0 Å². The Balaban J connectivity index is 1.63. The van der Waals surface area contributed by atoms with Crippen molar-refractivity contribution < 1.29 is 23.9 Å². The largest absolute Gasteiger partial charge is 0.379 e. The molecule has 1 saturated heterocycles. The minimum Gasteiger partial charge on any atom is -0.379 e. The first-order chi connectivity index (χ1) is 14.1. The standard InChI is InChI=1S/C21H29ClN2O5/c22-10-3-1-2-4-11-28-12-13-29-15-20(26)23-17-7-5-6-16(14-17)18-8-9-19(25)24-21(18)27/h5-7,14,18H,1-4,8-13,15H2,(H,23,26)(H,24,25,27). The van der Waals surface area contributed by atoms with Crippen LogP contribution in [0.15, 0.2) is 24.3 Å². The van der Waals surface area contributed by atoms with Crippen molar-refractivity contribution in [3.8, 4) is 0 Å². The minimum atomic E-state index is -0.382. The molecule has 1 aromatic carbocycles. The molecule has 0 spiro atoms. The van der Waals surface area contributed by atoms with E-state index in [2.05, 4.69) is 10.6 Å². The van der Waals surface area contributed by atoms with Gasteiger partial charge in [-0.1, -0.05) is 25.0 Å². The minimum absolute atomic E-state index is 0.0677. The van der Waals surface area contributed by atoms with Gasteiger partial charge in [0, 0.05) is 24.6 Å². The highest BCUT2D eigenvalue weighted by atomic mass is 35.5. The average molecular weight is 425 g/mol. The Morgan fingerprint density at radius 3 is 2.69 bits per heavy atom. The van der Waals surface area contributed by atoms with Gasteiger partial charge in [-0.2, -0.15) is 0 Å². The molecule has 1 heterocycles. The van der Waals surface area contributed by atoms with Crippen LogP contribution in [0.3, 0.4) is 0 Å². The van der Waals surface area contributed by atoms with Crippen LogP contribution >= 0.6 is 11.6 Å². The van der Waals surface area contributed by atoms with Crippen molar-refractivity contribution in [3.05, 3.63) is 29.8 Å². The predicted octanol–water partition coefficient (Wildman–Crippen LogP) is 2.98. The molecule has 3 amide bonds. The van der Waals surface area contributed by atoms with Crippen LogP contribution in [0.4, 0.5) is 5.69 Å². The number of hydrogen-bond donors (Lipinski definition) is 2. The Bertz CT molecular complexity index is 683. The van der Waals surface area contributed by atoms with Crippen LogP contribution in [0.2, 0.25) is 0 Å². The topological polar surface area (TPSA) is 93.7 Å². The summed E-state index contributed by atoms with van der Waals surface area (Å²) in [4.78, 5) is 35.3. The highest BCUT2D eigenvalue weighted by Crippen LogP contribution is 2.26. The highest BCUT2D eigenvalue weighted by Gasteiger charge is 2.27. The molecule has 160 valence electrons. The van der Waals surface area contributed by atoms with Gasteiger partial charge in [-0.3, -0.25) is 19.7 Å². The fourth-order valence-electron chi connectivity index (χ4n) is 3.08. The second kappa shape index (κ2) is 13.3. The lowest BCUT2D eigenvalue weighted by Crippen LogP contribution is -2.39. The summed E-state index contributed by atoms with van der Waals surface area (Å²) < 4.78 is 10.8. The molecule has 1 aliphatic heterocycles. The summed E-state index contributed by atoms with van der Waals surface area (Å²) in [6.07, 6.45) is 5.05. The first-order valence-corrected chi connectivity index (χ1v) is 10.6. The monoisotopic (exact) mass is 424 g/mol. The van der Waals surface area contributed by atoms with Crippen molar-refractivity contribution in [2.75, 3.05) is 37.6 Å². The fourth-order valence-corrected chi connectivity index (χ4v) is 3.27. The lowest BCUT2D eigenvalue weighted by atomic mass is 9.90. The van der Waals surface area contributed by atoms with E-state index in [-0.39, 0.29) is 30.2 Å². The van der Waals surface area contributed by atoms with Gasteiger partial charge in [-0.25, -0.2) is 0 Å². The number of unbranched alkanes of at least 4 members (excludes halogenated alkanes) is 3. The zero-order valence-electron chi connectivity index (χ0n) is 16.6. The lowest BCUT2D eigenvalue weighted by Gasteiger charge is -2.21. The summed E-state index contributed by atoms with van der Waals surface area (Å²) in [5.41, 5.74) is 1.36. The number of hydrogen-bond acceptors (Lipinski definition) is 5. The van der Waals surface area contributed by atoms with Crippen LogP contribution in [0.1, 0.15) is 50.0 Å². The van der Waals surface area contributed by atoms with E-state index in [1.165, 1.54) is 0 Å². The van der Waals surface area contributed by atoms with E-state index in [0.29, 0.717) is 44.2 Å². The normalized spacial score (nSPS) is 16.5. The lowest BCUT2D eigenvalue weighted by molar-refractivity contribution is -0.134. The molecule has 0 aliphatic carbocycles. The maximum absolute atomic E-state index is 12.0. The van der Waals surface area contributed by atoms with Crippen molar-refractivity contribution >= 4 is 35.0 Å². The summed E-state index contributed by atoms with van der Waals surface area (Å²) in [6.45, 7) is 1.42. The Kier molecular flexibility index (Phi) is 10.7. The van der Waals surface area contributed by atoms with Gasteiger partial charge in [-0.15, -0.1) is 11.6 Å². The Labute approximate surface area is 176 Å². The third-order valence-corrected chi connectivity index (χ3v) is 4.86. The molecule has 1 unspecified atom stereocenters. The molecule has 1 aromatic rings. The number of nitrogens with one attached hydrogen (secondary N) is 2. The van der Waals surface area contributed by atoms with Gasteiger partial charge in [0.05, 0.1) is 19.1 Å². The molecule has 8 heteroatoms. The molecule has 1 fully saturated rings. The van der Waals surface area contributed by atoms with E-state index in [1.54, 1.807) is 18.2 Å². The molecule has 2 N–H and O–H groups in total. The zero-order valence-corrected chi connectivity index (χ0v) is 17.3. The molecule has 29 heavy (non-hydrogen) atoms. The van der Waals surface area contributed by atoms with Crippen molar-refractivity contribution in [1.82, 2.24) is 5.32 Å². The fraction of sp³-hybridized carbons (Fsp3) is 0.571. The summed E-state index contributed by atoms with van der Waals surface area (Å²) >= 11 is 5.62. The van der Waals surface area contributed by atoms with Crippen LogP contribution < -0.4 is 10.6 Å². The van der Waals surface area contributed by atoms with E-state index in [9.17, 15) is 14.4 Å². The van der Waals surface area contributed by atoms with Crippen LogP contribution in [-0.2, 0) is 23.9 Å². The van der Waals surface area contributed by atoms with Gasteiger partial charge < -0.3 is 14.8 Å². The smallest absolute Gasteiger partial charge is 0.250 e. The molecule has 0 saturated carbocycles. The van der Waals surface area contributed by atoms with Crippen molar-refractivity contribution in [2.24, 2.45) is 0 Å². The number of alkyl halides is 1. The SMILES string of the molecule is O=C1CCC(c2cccc(NC(=O)COCCOCCCCCCCl)c2)C(=O)N1. The molecule has 1 aliphatic rings. The van der Waals surface area contributed by atoms with Gasteiger partial charge >= 0.3 is 0 Å². The molecule has 1 atom stereocenters. The number of halogens is 1. The molecule has 0 aromatic heterocycles. The van der Waals surface area contributed by atoms with Crippen LogP contribution in [-0.4, -0.2) is 50.0 Å². The number of piperidine rings is 1. The molecule has 7 nitrogen and oxygen atoms in total. The Hall–Kier alpha value is -1.96. The molecule has 0 radical (unpaired) electrons. The van der Waals surface area contributed by atoms with E-state index >= 15 is 0 Å². The second-order valence-electron chi connectivity index (χ2n) is 6.95. The predicted molar refractivity (Wildman–Crippen MR) is 111 cm³/mol. The van der Waals surface area contributed by atoms with Gasteiger partial charge in [0.25, 0.3) is 0 Å². The molecular formula is C21H29ClN2O5. The molecule has 2 rings (SSSR count). The highest BCUT2D eigenvalue weighted by molar-refractivity contribution is 6.17. The summed E-state index contributed by atoms with van der Waals surface area (Å²) in [5, 5.41) is 5.11. The zero-order chi connectivity index (χ0) is 20.9. The number of carbonyl (C=O) groups excluding carboxylic acids is 3. The summed E-state index contributed by atoms with van der Waals surface area (Å²) in [7, 11) is 0. The maximum atomic E-state index is 12.0. The number of imide groups is 1. The quantitative estimate of drug-likeness (QED) is 0.288. The van der Waals surface area contributed by atoms with E-state index in [1.807, 2.05) is 6.07 Å². The molecule has 0 bridgehead atoms. The number of carbonyl (C=O) groups is 3. The van der Waals surface area contributed by atoms with Crippen molar-refractivity contribution in [3.63, 3.8) is 0 Å². The number of ether oxygens (including phenoxy) is 2. The third-order valence-electron chi connectivity index (χ3n) is 4.59.